The number of aliphatic hydroxyl groups is 4. The second-order valence-corrected chi connectivity index (χ2v) is 7.12. The van der Waals surface area contributed by atoms with E-state index in [1.54, 1.807) is 0 Å². The molecule has 0 saturated carbocycles. The Kier molecular flexibility index (Phi) is 16.9. The summed E-state index contributed by atoms with van der Waals surface area (Å²) in [6.07, 6.45) is 2.54. The molecule has 0 rings (SSSR count). The summed E-state index contributed by atoms with van der Waals surface area (Å²) >= 11 is 0. The summed E-state index contributed by atoms with van der Waals surface area (Å²) < 4.78 is 15.7. The zero-order chi connectivity index (χ0) is 18.2. The third-order valence-corrected chi connectivity index (χ3v) is 4.51. The fraction of sp³-hybridized carbons (Fsp3) is 1.00. The molecule has 0 spiro atoms. The molecule has 0 atom stereocenters. The van der Waals surface area contributed by atoms with Crippen molar-refractivity contribution in [2.24, 2.45) is 5.41 Å². The minimum Gasteiger partial charge on any atom is -0.396 e. The van der Waals surface area contributed by atoms with Crippen LogP contribution in [0.5, 0.6) is 0 Å². The summed E-state index contributed by atoms with van der Waals surface area (Å²) in [5, 5.41) is 34.0. The van der Waals surface area contributed by atoms with Gasteiger partial charge in [-0.2, -0.15) is 0 Å². The van der Waals surface area contributed by atoms with E-state index in [0.29, 0.717) is 19.8 Å². The van der Waals surface area contributed by atoms with Gasteiger partial charge in [-0.3, -0.25) is 0 Å². The number of rotatable bonds is 13. The molecule has 0 heterocycles. The van der Waals surface area contributed by atoms with Crippen LogP contribution in [-0.4, -0.2) is 80.5 Å². The van der Waals surface area contributed by atoms with Crippen molar-refractivity contribution in [3.05, 3.63) is 0 Å². The Hall–Kier alpha value is -0.103. The Bertz CT molecular complexity index is 212. The second-order valence-electron chi connectivity index (χ2n) is 5.20. The van der Waals surface area contributed by atoms with E-state index in [2.05, 4.69) is 0 Å². The highest BCUT2D eigenvalue weighted by Gasteiger charge is 2.40. The van der Waals surface area contributed by atoms with Crippen LogP contribution in [0, 0.1) is 5.41 Å². The third-order valence-electron chi connectivity index (χ3n) is 2.81. The van der Waals surface area contributed by atoms with Crippen LogP contribution in [0.1, 0.15) is 40.0 Å². The molecule has 23 heavy (non-hydrogen) atoms. The molecule has 0 aromatic heterocycles. The van der Waals surface area contributed by atoms with Crippen LogP contribution in [0.25, 0.3) is 0 Å². The number of hydrogen-bond donors (Lipinski definition) is 5. The van der Waals surface area contributed by atoms with E-state index >= 15 is 0 Å². The summed E-state index contributed by atoms with van der Waals surface area (Å²) in [5.74, 6) is 0. The second kappa shape index (κ2) is 15.4. The lowest BCUT2D eigenvalue weighted by Gasteiger charge is -2.23. The van der Waals surface area contributed by atoms with Crippen molar-refractivity contribution < 1.29 is 38.5 Å². The van der Waals surface area contributed by atoms with Gasteiger partial charge in [0.15, 0.2) is 0 Å². The van der Waals surface area contributed by atoms with Gasteiger partial charge in [0.25, 0.3) is 0 Å². The summed E-state index contributed by atoms with van der Waals surface area (Å²) in [4.78, 5) is 9.88. The first-order chi connectivity index (χ1) is 10.9. The number of hydrogen-bond acceptors (Lipinski definition) is 8. The predicted octanol–water partition coefficient (Wildman–Crippen LogP) is -0.364. The Morgan fingerprint density at radius 3 is 1.04 bits per heavy atom. The first kappa shape index (κ1) is 25.1. The van der Waals surface area contributed by atoms with Crippen LogP contribution < -0.4 is 0 Å². The zero-order valence-electron chi connectivity index (χ0n) is 14.5. The highest BCUT2D eigenvalue weighted by Crippen LogP contribution is 2.11. The molecule has 0 aromatic rings. The summed E-state index contributed by atoms with van der Waals surface area (Å²) in [6.45, 7) is 5.76. The van der Waals surface area contributed by atoms with E-state index in [-0.39, 0.29) is 0 Å². The molecule has 0 radical (unpaired) electrons. The van der Waals surface area contributed by atoms with Crippen LogP contribution in [0.15, 0.2) is 0 Å². The van der Waals surface area contributed by atoms with Gasteiger partial charge >= 0.3 is 9.05 Å². The highest BCUT2D eigenvalue weighted by molar-refractivity contribution is 6.51. The van der Waals surface area contributed by atoms with Gasteiger partial charge < -0.3 is 38.5 Å². The Balaban J connectivity index is 0. The van der Waals surface area contributed by atoms with Crippen molar-refractivity contribution in [1.29, 1.82) is 0 Å². The van der Waals surface area contributed by atoms with E-state index in [1.807, 2.05) is 20.8 Å². The average Bonchev–Trinajstić information content (AvgIpc) is 2.60. The first-order valence-electron chi connectivity index (χ1n) is 8.00. The third kappa shape index (κ3) is 12.0. The summed E-state index contributed by atoms with van der Waals surface area (Å²) in [6, 6.07) is 0. The minimum absolute atomic E-state index is 0.406. The molecule has 0 aliphatic carbocycles. The van der Waals surface area contributed by atoms with Gasteiger partial charge in [-0.1, -0.05) is 20.8 Å². The molecule has 0 aromatic carbocycles. The molecule has 0 fully saturated rings. The molecule has 0 saturated heterocycles. The van der Waals surface area contributed by atoms with E-state index < -0.39 is 40.9 Å². The lowest BCUT2D eigenvalue weighted by Crippen LogP contribution is -2.46. The van der Waals surface area contributed by atoms with Crippen molar-refractivity contribution in [2.45, 2.75) is 40.0 Å². The number of aliphatic hydroxyl groups excluding tert-OH is 4. The van der Waals surface area contributed by atoms with E-state index in [4.69, 9.17) is 33.7 Å². The molecule has 9 heteroatoms. The summed E-state index contributed by atoms with van der Waals surface area (Å²) in [5.41, 5.74) is -1.11. The fourth-order valence-corrected chi connectivity index (χ4v) is 2.75. The maximum atomic E-state index is 9.88. The van der Waals surface area contributed by atoms with Gasteiger partial charge in [0.05, 0.1) is 31.8 Å². The normalized spacial score (nSPS) is 12.0. The van der Waals surface area contributed by atoms with Gasteiger partial charge in [-0.15, -0.1) is 0 Å². The van der Waals surface area contributed by atoms with Gasteiger partial charge in [-0.05, 0) is 19.3 Å². The van der Waals surface area contributed by atoms with Crippen molar-refractivity contribution in [3.8, 4) is 0 Å². The van der Waals surface area contributed by atoms with E-state index in [9.17, 15) is 4.80 Å². The van der Waals surface area contributed by atoms with Gasteiger partial charge in [0, 0.05) is 19.8 Å². The van der Waals surface area contributed by atoms with Crippen molar-refractivity contribution in [3.63, 3.8) is 0 Å². The van der Waals surface area contributed by atoms with Crippen LogP contribution >= 0.6 is 0 Å². The molecule has 0 aliphatic heterocycles. The highest BCUT2D eigenvalue weighted by atomic mass is 28.4. The van der Waals surface area contributed by atoms with Crippen LogP contribution in [0.2, 0.25) is 0 Å². The standard InChI is InChI=1S/C9H22O4Si.C5H12O4/c1-4-7-11-14(10,12-8-5-2)13-9-6-3;6-1-5(2-7,3-8)4-9/h10H,4-9H2,1-3H3;6-9H,1-4H2. The van der Waals surface area contributed by atoms with Gasteiger partial charge in [-0.25, -0.2) is 0 Å². The largest absolute Gasteiger partial charge is 0.676 e. The molecule has 8 nitrogen and oxygen atoms in total. The molecule has 0 bridgehead atoms. The maximum Gasteiger partial charge on any atom is 0.676 e. The monoisotopic (exact) mass is 358 g/mol. The molecular formula is C14H34O8Si. The van der Waals surface area contributed by atoms with Crippen LogP contribution in [-0.2, 0) is 13.3 Å². The smallest absolute Gasteiger partial charge is 0.396 e. The maximum absolute atomic E-state index is 9.88. The molecular weight excluding hydrogens is 324 g/mol. The Morgan fingerprint density at radius 1 is 0.652 bits per heavy atom. The van der Waals surface area contributed by atoms with Gasteiger partial charge in [0.2, 0.25) is 0 Å². The average molecular weight is 359 g/mol. The van der Waals surface area contributed by atoms with E-state index in [1.165, 1.54) is 0 Å². The SMILES string of the molecule is CCCO[Si](O)(OCCC)OCCC.OCC(CO)(CO)CO. The lowest BCUT2D eigenvalue weighted by molar-refractivity contribution is -0.0328. The summed E-state index contributed by atoms with van der Waals surface area (Å²) in [7, 11) is -3.31. The van der Waals surface area contributed by atoms with Gasteiger partial charge in [0.1, 0.15) is 0 Å². The predicted molar refractivity (Wildman–Crippen MR) is 87.5 cm³/mol. The first-order valence-corrected chi connectivity index (χ1v) is 9.67. The zero-order valence-corrected chi connectivity index (χ0v) is 15.5. The van der Waals surface area contributed by atoms with Crippen molar-refractivity contribution >= 4 is 9.05 Å². The lowest BCUT2D eigenvalue weighted by atomic mass is 9.93. The van der Waals surface area contributed by atoms with Crippen LogP contribution in [0.4, 0.5) is 0 Å². The Labute approximate surface area is 140 Å². The quantitative estimate of drug-likeness (QED) is 0.282. The molecule has 142 valence electrons. The van der Waals surface area contributed by atoms with Crippen LogP contribution in [0.3, 0.4) is 0 Å². The molecule has 0 unspecified atom stereocenters. The minimum atomic E-state index is -3.31. The fourth-order valence-electron chi connectivity index (χ4n) is 1.12. The van der Waals surface area contributed by atoms with E-state index in [0.717, 1.165) is 19.3 Å². The molecule has 0 aliphatic rings. The topological polar surface area (TPSA) is 129 Å². The molecule has 5 N–H and O–H groups in total. The van der Waals surface area contributed by atoms with Crippen molar-refractivity contribution in [2.75, 3.05) is 46.2 Å². The van der Waals surface area contributed by atoms with Crippen molar-refractivity contribution in [1.82, 2.24) is 0 Å². The Morgan fingerprint density at radius 2 is 0.913 bits per heavy atom. The molecule has 0 amide bonds.